The highest BCUT2D eigenvalue weighted by Gasteiger charge is 2.17. The minimum absolute atomic E-state index is 0.153. The first-order valence-corrected chi connectivity index (χ1v) is 7.84. The topological polar surface area (TPSA) is 59.1 Å². The van der Waals surface area contributed by atoms with E-state index in [4.69, 9.17) is 23.2 Å². The molecule has 0 aliphatic heterocycles. The fraction of sp³-hybridized carbons (Fsp3) is 0.100. The van der Waals surface area contributed by atoms with Gasteiger partial charge in [0.05, 0.1) is 16.2 Å². The monoisotopic (exact) mass is 322 g/mol. The summed E-state index contributed by atoms with van der Waals surface area (Å²) in [5.41, 5.74) is 1.06. The van der Waals surface area contributed by atoms with Gasteiger partial charge in [-0.25, -0.2) is 13.4 Å². The number of rotatable bonds is 3. The molecule has 2 aromatic rings. The molecule has 0 unspecified atom stereocenters. The molecule has 0 aromatic carbocycles. The van der Waals surface area contributed by atoms with E-state index in [2.05, 4.69) is 9.71 Å². The van der Waals surface area contributed by atoms with Crippen molar-refractivity contribution in [1.82, 2.24) is 4.98 Å². The molecule has 2 rings (SSSR count). The Bertz CT molecular complexity index is 683. The minimum atomic E-state index is -3.62. The number of nitrogens with one attached hydrogen (secondary N) is 1. The molecule has 2 aromatic heterocycles. The predicted molar refractivity (Wildman–Crippen MR) is 74.1 cm³/mol. The van der Waals surface area contributed by atoms with Gasteiger partial charge in [0.2, 0.25) is 0 Å². The maximum absolute atomic E-state index is 12.0. The lowest BCUT2D eigenvalue weighted by Gasteiger charge is -2.06. The lowest BCUT2D eigenvalue weighted by molar-refractivity contribution is 0.603. The Morgan fingerprint density at radius 3 is 2.61 bits per heavy atom. The maximum Gasteiger partial charge on any atom is 0.271 e. The standard InChI is InChI=1S/C10H8Cl2N2O2S2/c1-6-4-7(5-13-10(6)12)14-18(15,16)9-3-2-8(11)17-9/h2-5,14H,1H3. The minimum Gasteiger partial charge on any atom is -0.277 e. The van der Waals surface area contributed by atoms with Gasteiger partial charge < -0.3 is 0 Å². The van der Waals surface area contributed by atoms with Crippen molar-refractivity contribution < 1.29 is 8.42 Å². The molecule has 0 fully saturated rings. The average molecular weight is 323 g/mol. The second kappa shape index (κ2) is 5.05. The number of halogens is 2. The number of thiophene rings is 1. The van der Waals surface area contributed by atoms with Crippen molar-refractivity contribution in [2.24, 2.45) is 0 Å². The van der Waals surface area contributed by atoms with Crippen molar-refractivity contribution in [2.45, 2.75) is 11.1 Å². The molecule has 4 nitrogen and oxygen atoms in total. The van der Waals surface area contributed by atoms with Gasteiger partial charge in [-0.3, -0.25) is 4.72 Å². The van der Waals surface area contributed by atoms with E-state index in [-0.39, 0.29) is 4.21 Å². The van der Waals surface area contributed by atoms with E-state index in [9.17, 15) is 8.42 Å². The van der Waals surface area contributed by atoms with Crippen molar-refractivity contribution in [2.75, 3.05) is 4.72 Å². The van der Waals surface area contributed by atoms with Gasteiger partial charge in [0.15, 0.2) is 0 Å². The van der Waals surface area contributed by atoms with Crippen LogP contribution >= 0.6 is 34.5 Å². The second-order valence-electron chi connectivity index (χ2n) is 3.50. The summed E-state index contributed by atoms with van der Waals surface area (Å²) in [5.74, 6) is 0. The van der Waals surface area contributed by atoms with E-state index < -0.39 is 10.0 Å². The van der Waals surface area contributed by atoms with Crippen LogP contribution in [0.15, 0.2) is 28.6 Å². The molecular weight excluding hydrogens is 315 g/mol. The van der Waals surface area contributed by atoms with Gasteiger partial charge in [0.1, 0.15) is 9.36 Å². The van der Waals surface area contributed by atoms with E-state index in [1.54, 1.807) is 13.0 Å². The normalized spacial score (nSPS) is 11.5. The third kappa shape index (κ3) is 2.95. The zero-order valence-electron chi connectivity index (χ0n) is 9.15. The van der Waals surface area contributed by atoms with E-state index in [1.165, 1.54) is 18.3 Å². The Balaban J connectivity index is 2.30. The van der Waals surface area contributed by atoms with Gasteiger partial charge in [-0.05, 0) is 30.7 Å². The summed E-state index contributed by atoms with van der Waals surface area (Å²) in [6.45, 7) is 1.75. The first-order chi connectivity index (χ1) is 8.38. The quantitative estimate of drug-likeness (QED) is 0.879. The third-order valence-corrected chi connectivity index (χ3v) is 5.58. The zero-order valence-corrected chi connectivity index (χ0v) is 12.3. The van der Waals surface area contributed by atoms with E-state index in [0.29, 0.717) is 20.7 Å². The number of pyridine rings is 1. The van der Waals surface area contributed by atoms with Crippen molar-refractivity contribution in [3.8, 4) is 0 Å². The molecule has 18 heavy (non-hydrogen) atoms. The fourth-order valence-corrected chi connectivity index (χ4v) is 3.88. The molecule has 0 aliphatic rings. The van der Waals surface area contributed by atoms with Crippen LogP contribution in [0.3, 0.4) is 0 Å². The summed E-state index contributed by atoms with van der Waals surface area (Å²) in [5, 5.41) is 0.345. The highest BCUT2D eigenvalue weighted by atomic mass is 35.5. The van der Waals surface area contributed by atoms with Gasteiger partial charge >= 0.3 is 0 Å². The highest BCUT2D eigenvalue weighted by Crippen LogP contribution is 2.27. The fourth-order valence-electron chi connectivity index (χ4n) is 1.26. The van der Waals surface area contributed by atoms with Crippen LogP contribution in [0.2, 0.25) is 9.49 Å². The molecule has 0 saturated heterocycles. The second-order valence-corrected chi connectivity index (χ2v) is 7.48. The lowest BCUT2D eigenvalue weighted by Crippen LogP contribution is -2.11. The van der Waals surface area contributed by atoms with E-state index in [0.717, 1.165) is 11.3 Å². The van der Waals surface area contributed by atoms with Crippen molar-refractivity contribution >= 4 is 50.2 Å². The third-order valence-electron chi connectivity index (χ3n) is 2.08. The van der Waals surface area contributed by atoms with Crippen LogP contribution in [-0.4, -0.2) is 13.4 Å². The summed E-state index contributed by atoms with van der Waals surface area (Å²) in [7, 11) is -3.62. The Morgan fingerprint density at radius 1 is 1.33 bits per heavy atom. The first-order valence-electron chi connectivity index (χ1n) is 4.79. The summed E-state index contributed by atoms with van der Waals surface area (Å²) in [4.78, 5) is 3.88. The molecule has 8 heteroatoms. The Labute approximate surface area is 119 Å². The molecule has 0 amide bonds. The highest BCUT2D eigenvalue weighted by molar-refractivity contribution is 7.94. The molecule has 0 radical (unpaired) electrons. The van der Waals surface area contributed by atoms with Gasteiger partial charge in [0, 0.05) is 0 Å². The van der Waals surface area contributed by atoms with Crippen LogP contribution in [0.5, 0.6) is 0 Å². The molecule has 0 saturated carbocycles. The number of anilines is 1. The molecule has 0 atom stereocenters. The van der Waals surface area contributed by atoms with Crippen molar-refractivity contribution in [1.29, 1.82) is 0 Å². The molecule has 96 valence electrons. The number of aryl methyl sites for hydroxylation is 1. The first kappa shape index (κ1) is 13.6. The average Bonchev–Trinajstić information content (AvgIpc) is 2.71. The maximum atomic E-state index is 12.0. The molecule has 0 spiro atoms. The summed E-state index contributed by atoms with van der Waals surface area (Å²) in [6.07, 6.45) is 1.36. The van der Waals surface area contributed by atoms with Gasteiger partial charge in [-0.2, -0.15) is 0 Å². The number of nitrogens with zero attached hydrogens (tertiary/aromatic N) is 1. The zero-order chi connectivity index (χ0) is 13.3. The Morgan fingerprint density at radius 2 is 2.06 bits per heavy atom. The summed E-state index contributed by atoms with van der Waals surface area (Å²) in [6, 6.07) is 4.60. The van der Waals surface area contributed by atoms with E-state index >= 15 is 0 Å². The lowest BCUT2D eigenvalue weighted by atomic mass is 10.3. The molecule has 0 aliphatic carbocycles. The van der Waals surface area contributed by atoms with Crippen molar-refractivity contribution in [3.05, 3.63) is 39.4 Å². The van der Waals surface area contributed by atoms with Gasteiger partial charge in [-0.1, -0.05) is 23.2 Å². The summed E-state index contributed by atoms with van der Waals surface area (Å²) >= 11 is 12.5. The molecular formula is C10H8Cl2N2O2S2. The van der Waals surface area contributed by atoms with Gasteiger partial charge in [-0.15, -0.1) is 11.3 Å². The van der Waals surface area contributed by atoms with Gasteiger partial charge in [0.25, 0.3) is 10.0 Å². The summed E-state index contributed by atoms with van der Waals surface area (Å²) < 4.78 is 27.0. The van der Waals surface area contributed by atoms with Crippen LogP contribution in [0.25, 0.3) is 0 Å². The number of hydrogen-bond acceptors (Lipinski definition) is 4. The Kier molecular flexibility index (Phi) is 3.82. The molecule has 0 bridgehead atoms. The molecule has 2 heterocycles. The van der Waals surface area contributed by atoms with Crippen LogP contribution < -0.4 is 4.72 Å². The van der Waals surface area contributed by atoms with E-state index in [1.807, 2.05) is 0 Å². The van der Waals surface area contributed by atoms with Crippen LogP contribution in [0.4, 0.5) is 5.69 Å². The smallest absolute Gasteiger partial charge is 0.271 e. The number of aromatic nitrogens is 1. The number of sulfonamides is 1. The molecule has 1 N–H and O–H groups in total. The van der Waals surface area contributed by atoms with Crippen LogP contribution in [0, 0.1) is 6.92 Å². The Hall–Kier alpha value is -0.820. The SMILES string of the molecule is Cc1cc(NS(=O)(=O)c2ccc(Cl)s2)cnc1Cl. The number of hydrogen-bond donors (Lipinski definition) is 1. The largest absolute Gasteiger partial charge is 0.277 e. The van der Waals surface area contributed by atoms with Crippen LogP contribution in [0.1, 0.15) is 5.56 Å². The van der Waals surface area contributed by atoms with Crippen LogP contribution in [-0.2, 0) is 10.0 Å². The predicted octanol–water partition coefficient (Wildman–Crippen LogP) is 3.56. The van der Waals surface area contributed by atoms with Crippen molar-refractivity contribution in [3.63, 3.8) is 0 Å².